The predicted octanol–water partition coefficient (Wildman–Crippen LogP) is 1.22. The number of nitrogens with one attached hydrogen (secondary N) is 1. The van der Waals surface area contributed by atoms with Crippen molar-refractivity contribution in [2.24, 2.45) is 5.84 Å². The molecule has 2 aromatic rings. The second-order valence-electron chi connectivity index (χ2n) is 3.54. The Hall–Kier alpha value is -1.78. The summed E-state index contributed by atoms with van der Waals surface area (Å²) in [6, 6.07) is 9.77. The Bertz CT molecular complexity index is 416. The number of hydrogen-bond donors (Lipinski definition) is 2. The molecule has 0 saturated carbocycles. The maximum atomic E-state index is 5.54. The summed E-state index contributed by atoms with van der Waals surface area (Å²) in [7, 11) is 0. The minimum atomic E-state index is 0.0189. The molecule has 2 heterocycles. The van der Waals surface area contributed by atoms with E-state index in [-0.39, 0.29) is 6.04 Å². The highest BCUT2D eigenvalue weighted by molar-refractivity contribution is 5.15. The average Bonchev–Trinajstić information content (AvgIpc) is 2.38. The second kappa shape index (κ2) is 5.34. The van der Waals surface area contributed by atoms with Gasteiger partial charge in [0.2, 0.25) is 0 Å². The molecule has 0 bridgehead atoms. The zero-order valence-electron chi connectivity index (χ0n) is 8.88. The Labute approximate surface area is 94.5 Å². The zero-order chi connectivity index (χ0) is 11.2. The Balaban J connectivity index is 2.13. The minimum absolute atomic E-state index is 0.0189. The van der Waals surface area contributed by atoms with Crippen LogP contribution in [0.2, 0.25) is 0 Å². The molecule has 0 fully saturated rings. The largest absolute Gasteiger partial charge is 0.271 e. The van der Waals surface area contributed by atoms with Crippen molar-refractivity contribution in [3.63, 3.8) is 0 Å². The van der Waals surface area contributed by atoms with Crippen LogP contribution >= 0.6 is 0 Å². The van der Waals surface area contributed by atoms with E-state index < -0.39 is 0 Å². The number of nitrogens with two attached hydrogens (primary N) is 1. The van der Waals surface area contributed by atoms with Gasteiger partial charge in [0.25, 0.3) is 0 Å². The molecule has 0 aliphatic heterocycles. The first-order valence-electron chi connectivity index (χ1n) is 5.16. The van der Waals surface area contributed by atoms with E-state index in [1.54, 1.807) is 12.4 Å². The number of hydrazine groups is 1. The van der Waals surface area contributed by atoms with Crippen LogP contribution in [0.1, 0.15) is 17.3 Å². The normalized spacial score (nSPS) is 12.3. The van der Waals surface area contributed by atoms with E-state index in [0.29, 0.717) is 0 Å². The molecule has 0 aromatic carbocycles. The second-order valence-corrected chi connectivity index (χ2v) is 3.54. The van der Waals surface area contributed by atoms with Crippen LogP contribution in [0.4, 0.5) is 0 Å². The molecule has 0 saturated heterocycles. The van der Waals surface area contributed by atoms with Gasteiger partial charge in [0.1, 0.15) is 0 Å². The van der Waals surface area contributed by atoms with E-state index in [4.69, 9.17) is 5.84 Å². The highest BCUT2D eigenvalue weighted by Crippen LogP contribution is 2.14. The van der Waals surface area contributed by atoms with E-state index in [1.165, 1.54) is 0 Å². The van der Waals surface area contributed by atoms with E-state index in [1.807, 2.05) is 36.5 Å². The summed E-state index contributed by atoms with van der Waals surface area (Å²) in [6.45, 7) is 0. The fourth-order valence-electron chi connectivity index (χ4n) is 1.59. The molecule has 0 spiro atoms. The monoisotopic (exact) mass is 214 g/mol. The lowest BCUT2D eigenvalue weighted by atomic mass is 10.1. The van der Waals surface area contributed by atoms with Gasteiger partial charge < -0.3 is 0 Å². The molecule has 2 aromatic heterocycles. The van der Waals surface area contributed by atoms with Crippen molar-refractivity contribution < 1.29 is 0 Å². The minimum Gasteiger partial charge on any atom is -0.271 e. The Kier molecular flexibility index (Phi) is 3.58. The van der Waals surface area contributed by atoms with Crippen molar-refractivity contribution in [1.29, 1.82) is 0 Å². The number of rotatable bonds is 4. The summed E-state index contributed by atoms with van der Waals surface area (Å²) >= 11 is 0. The van der Waals surface area contributed by atoms with Crippen molar-refractivity contribution >= 4 is 0 Å². The molecular formula is C12H14N4. The standard InChI is InChI=1S/C12H14N4/c13-16-12(11-5-1-2-7-15-11)8-10-4-3-6-14-9-10/h1-7,9,12,16H,8,13H2. The zero-order valence-corrected chi connectivity index (χ0v) is 8.88. The van der Waals surface area contributed by atoms with E-state index >= 15 is 0 Å². The summed E-state index contributed by atoms with van der Waals surface area (Å²) in [5.41, 5.74) is 4.85. The van der Waals surface area contributed by atoms with Crippen LogP contribution in [0.15, 0.2) is 48.9 Å². The third-order valence-corrected chi connectivity index (χ3v) is 2.41. The molecule has 1 unspecified atom stereocenters. The number of aromatic nitrogens is 2. The maximum absolute atomic E-state index is 5.54. The van der Waals surface area contributed by atoms with Crippen LogP contribution in [-0.2, 0) is 6.42 Å². The Morgan fingerprint density at radius 2 is 2.12 bits per heavy atom. The highest BCUT2D eigenvalue weighted by Gasteiger charge is 2.10. The molecule has 0 amide bonds. The summed E-state index contributed by atoms with van der Waals surface area (Å²) in [6.07, 6.45) is 6.15. The van der Waals surface area contributed by atoms with Crippen LogP contribution < -0.4 is 11.3 Å². The molecule has 0 aliphatic rings. The molecule has 0 aliphatic carbocycles. The third-order valence-electron chi connectivity index (χ3n) is 2.41. The predicted molar refractivity (Wildman–Crippen MR) is 62.2 cm³/mol. The van der Waals surface area contributed by atoms with E-state index in [2.05, 4.69) is 15.4 Å². The summed E-state index contributed by atoms with van der Waals surface area (Å²) in [4.78, 5) is 8.36. The highest BCUT2D eigenvalue weighted by atomic mass is 15.2. The summed E-state index contributed by atoms with van der Waals surface area (Å²) in [5.74, 6) is 5.54. The third kappa shape index (κ3) is 2.62. The maximum Gasteiger partial charge on any atom is 0.0672 e. The molecule has 0 radical (unpaired) electrons. The molecule has 2 rings (SSSR count). The SMILES string of the molecule is NNC(Cc1cccnc1)c1ccccn1. The fourth-order valence-corrected chi connectivity index (χ4v) is 1.59. The Morgan fingerprint density at radius 1 is 1.19 bits per heavy atom. The van der Waals surface area contributed by atoms with Gasteiger partial charge in [-0.25, -0.2) is 0 Å². The van der Waals surface area contributed by atoms with Crippen molar-refractivity contribution in [2.45, 2.75) is 12.5 Å². The Morgan fingerprint density at radius 3 is 2.75 bits per heavy atom. The smallest absolute Gasteiger partial charge is 0.0672 e. The van der Waals surface area contributed by atoms with E-state index in [0.717, 1.165) is 17.7 Å². The first-order chi connectivity index (χ1) is 7.90. The molecule has 16 heavy (non-hydrogen) atoms. The topological polar surface area (TPSA) is 63.8 Å². The van der Waals surface area contributed by atoms with Gasteiger partial charge in [-0.3, -0.25) is 21.2 Å². The van der Waals surface area contributed by atoms with Crippen molar-refractivity contribution in [3.8, 4) is 0 Å². The lowest BCUT2D eigenvalue weighted by Gasteiger charge is -2.14. The number of pyridine rings is 2. The van der Waals surface area contributed by atoms with Gasteiger partial charge >= 0.3 is 0 Å². The number of nitrogens with zero attached hydrogens (tertiary/aromatic N) is 2. The van der Waals surface area contributed by atoms with Crippen LogP contribution in [-0.4, -0.2) is 9.97 Å². The van der Waals surface area contributed by atoms with Crippen LogP contribution in [0, 0.1) is 0 Å². The molecule has 4 heteroatoms. The quantitative estimate of drug-likeness (QED) is 0.593. The van der Waals surface area contributed by atoms with Crippen molar-refractivity contribution in [2.75, 3.05) is 0 Å². The van der Waals surface area contributed by atoms with Gasteiger partial charge in [-0.15, -0.1) is 0 Å². The first kappa shape index (κ1) is 10.7. The molecule has 4 nitrogen and oxygen atoms in total. The van der Waals surface area contributed by atoms with Crippen LogP contribution in [0.3, 0.4) is 0 Å². The first-order valence-corrected chi connectivity index (χ1v) is 5.16. The molecule has 3 N–H and O–H groups in total. The van der Waals surface area contributed by atoms with Gasteiger partial charge in [0.05, 0.1) is 11.7 Å². The fraction of sp³-hybridized carbons (Fsp3) is 0.167. The van der Waals surface area contributed by atoms with Gasteiger partial charge in [-0.05, 0) is 30.2 Å². The van der Waals surface area contributed by atoms with Gasteiger partial charge in [0, 0.05) is 18.6 Å². The van der Waals surface area contributed by atoms with Crippen molar-refractivity contribution in [1.82, 2.24) is 15.4 Å². The van der Waals surface area contributed by atoms with Crippen LogP contribution in [0.25, 0.3) is 0 Å². The van der Waals surface area contributed by atoms with Gasteiger partial charge in [0.15, 0.2) is 0 Å². The lowest BCUT2D eigenvalue weighted by molar-refractivity contribution is 0.538. The number of hydrogen-bond acceptors (Lipinski definition) is 4. The summed E-state index contributed by atoms with van der Waals surface area (Å²) in [5, 5.41) is 0. The van der Waals surface area contributed by atoms with Gasteiger partial charge in [-0.1, -0.05) is 12.1 Å². The molecular weight excluding hydrogens is 200 g/mol. The molecule has 1 atom stereocenters. The lowest BCUT2D eigenvalue weighted by Crippen LogP contribution is -2.30. The van der Waals surface area contributed by atoms with Gasteiger partial charge in [-0.2, -0.15) is 0 Å². The van der Waals surface area contributed by atoms with Crippen LogP contribution in [0.5, 0.6) is 0 Å². The summed E-state index contributed by atoms with van der Waals surface area (Å²) < 4.78 is 0. The van der Waals surface area contributed by atoms with Crippen molar-refractivity contribution in [3.05, 3.63) is 60.2 Å². The molecule has 82 valence electrons. The van der Waals surface area contributed by atoms with E-state index in [9.17, 15) is 0 Å². The average molecular weight is 214 g/mol.